The lowest BCUT2D eigenvalue weighted by molar-refractivity contribution is 0.0879. The highest BCUT2D eigenvalue weighted by molar-refractivity contribution is 5.90. The van der Waals surface area contributed by atoms with E-state index in [-0.39, 0.29) is 22.8 Å². The van der Waals surface area contributed by atoms with Gasteiger partial charge in [0.25, 0.3) is 0 Å². The second-order valence-electron chi connectivity index (χ2n) is 6.43. The summed E-state index contributed by atoms with van der Waals surface area (Å²) in [6.07, 6.45) is 2.05. The molecule has 0 atom stereocenters. The Morgan fingerprint density at radius 1 is 1.33 bits per heavy atom. The lowest BCUT2D eigenvalue weighted by atomic mass is 9.97. The first kappa shape index (κ1) is 13.1. The van der Waals surface area contributed by atoms with Crippen molar-refractivity contribution < 1.29 is 9.21 Å². The third-order valence-electron chi connectivity index (χ3n) is 3.52. The zero-order valence-electron chi connectivity index (χ0n) is 11.7. The zero-order chi connectivity index (χ0) is 13.6. The molecule has 1 aromatic rings. The average molecular weight is 251 g/mol. The third-order valence-corrected chi connectivity index (χ3v) is 3.52. The molecule has 1 fully saturated rings. The van der Waals surface area contributed by atoms with Crippen LogP contribution in [0, 0.1) is 5.92 Å². The first-order valence-corrected chi connectivity index (χ1v) is 6.41. The monoisotopic (exact) mass is 251 g/mol. The van der Waals surface area contributed by atoms with Crippen LogP contribution >= 0.6 is 0 Å². The second-order valence-corrected chi connectivity index (χ2v) is 6.43. The minimum Gasteiger partial charge on any atom is -0.416 e. The van der Waals surface area contributed by atoms with Crippen LogP contribution in [0.25, 0.3) is 0 Å². The molecule has 100 valence electrons. The largest absolute Gasteiger partial charge is 0.416 e. The van der Waals surface area contributed by atoms with E-state index in [1.165, 1.54) is 0 Å². The molecular formula is C13H21N3O2. The van der Waals surface area contributed by atoms with Gasteiger partial charge < -0.3 is 9.73 Å². The summed E-state index contributed by atoms with van der Waals surface area (Å²) in [5, 5.41) is 10.8. The summed E-state index contributed by atoms with van der Waals surface area (Å²) in [5.74, 6) is 0.713. The number of rotatable bonds is 3. The Morgan fingerprint density at radius 3 is 2.33 bits per heavy atom. The van der Waals surface area contributed by atoms with Crippen LogP contribution in [0.5, 0.6) is 0 Å². The topological polar surface area (TPSA) is 68.0 Å². The maximum Gasteiger partial charge on any atom is 0.309 e. The smallest absolute Gasteiger partial charge is 0.309 e. The number of amides is 1. The molecule has 0 spiro atoms. The van der Waals surface area contributed by atoms with Gasteiger partial charge in [0.15, 0.2) is 0 Å². The van der Waals surface area contributed by atoms with Crippen molar-refractivity contribution in [2.75, 3.05) is 0 Å². The zero-order valence-corrected chi connectivity index (χ0v) is 11.7. The van der Waals surface area contributed by atoms with Crippen LogP contribution in [0.1, 0.15) is 64.0 Å². The number of nitrogens with zero attached hydrogens (tertiary/aromatic N) is 2. The highest BCUT2D eigenvalue weighted by Crippen LogP contribution is 2.42. The van der Waals surface area contributed by atoms with E-state index in [1.54, 1.807) is 0 Å². The van der Waals surface area contributed by atoms with Crippen LogP contribution in [-0.2, 0) is 5.41 Å². The van der Waals surface area contributed by atoms with E-state index in [0.29, 0.717) is 11.8 Å². The van der Waals surface area contributed by atoms with E-state index < -0.39 is 0 Å². The van der Waals surface area contributed by atoms with Crippen molar-refractivity contribution in [1.82, 2.24) is 15.5 Å². The number of aromatic nitrogens is 2. The first-order chi connectivity index (χ1) is 8.24. The van der Waals surface area contributed by atoms with Crippen LogP contribution in [0.15, 0.2) is 4.42 Å². The lowest BCUT2D eigenvalue weighted by Crippen LogP contribution is -2.40. The van der Waals surface area contributed by atoms with E-state index in [4.69, 9.17) is 4.42 Å². The van der Waals surface area contributed by atoms with Gasteiger partial charge in [0, 0.05) is 11.0 Å². The summed E-state index contributed by atoms with van der Waals surface area (Å²) < 4.78 is 5.43. The van der Waals surface area contributed by atoms with Gasteiger partial charge >= 0.3 is 11.8 Å². The molecule has 0 bridgehead atoms. The summed E-state index contributed by atoms with van der Waals surface area (Å²) in [7, 11) is 0. The van der Waals surface area contributed by atoms with Gasteiger partial charge in [-0.3, -0.25) is 4.79 Å². The fourth-order valence-corrected chi connectivity index (χ4v) is 1.88. The molecule has 0 aliphatic heterocycles. The van der Waals surface area contributed by atoms with Gasteiger partial charge in [0.05, 0.1) is 0 Å². The molecule has 1 aromatic heterocycles. The lowest BCUT2D eigenvalue weighted by Gasteiger charge is -2.20. The second kappa shape index (κ2) is 4.07. The number of hydrogen-bond acceptors (Lipinski definition) is 4. The van der Waals surface area contributed by atoms with E-state index >= 15 is 0 Å². The van der Waals surface area contributed by atoms with Crippen molar-refractivity contribution in [3.63, 3.8) is 0 Å². The van der Waals surface area contributed by atoms with Crippen LogP contribution in [0.4, 0.5) is 0 Å². The molecular weight excluding hydrogens is 230 g/mol. The Morgan fingerprint density at radius 2 is 1.94 bits per heavy atom. The molecule has 2 rings (SSSR count). The Bertz CT molecular complexity index is 453. The van der Waals surface area contributed by atoms with E-state index in [0.717, 1.165) is 12.8 Å². The van der Waals surface area contributed by atoms with Crippen molar-refractivity contribution >= 4 is 5.91 Å². The minimum atomic E-state index is -0.260. The number of hydrogen-bond donors (Lipinski definition) is 1. The molecule has 1 aliphatic rings. The van der Waals surface area contributed by atoms with Gasteiger partial charge in [0.2, 0.25) is 5.89 Å². The summed E-state index contributed by atoms with van der Waals surface area (Å²) in [4.78, 5) is 12.0. The fraction of sp³-hybridized carbons (Fsp3) is 0.769. The third kappa shape index (κ3) is 2.40. The Balaban J connectivity index is 2.09. The van der Waals surface area contributed by atoms with Gasteiger partial charge in [-0.25, -0.2) is 0 Å². The molecule has 5 heteroatoms. The Labute approximate surface area is 107 Å². The first-order valence-electron chi connectivity index (χ1n) is 6.41. The number of carbonyl (C=O) groups is 1. The molecule has 1 amide bonds. The SMILES string of the molecule is CC(C)C1(NC(=O)c2nnc(C(C)(C)C)o2)CC1. The maximum absolute atomic E-state index is 12.0. The van der Waals surface area contributed by atoms with Crippen LogP contribution < -0.4 is 5.32 Å². The summed E-state index contributed by atoms with van der Waals surface area (Å²) in [6.45, 7) is 10.1. The van der Waals surface area contributed by atoms with Gasteiger partial charge in [-0.2, -0.15) is 0 Å². The van der Waals surface area contributed by atoms with E-state index in [1.807, 2.05) is 20.8 Å². The fourth-order valence-electron chi connectivity index (χ4n) is 1.88. The van der Waals surface area contributed by atoms with E-state index in [9.17, 15) is 4.79 Å². The van der Waals surface area contributed by atoms with Crippen molar-refractivity contribution in [3.8, 4) is 0 Å². The van der Waals surface area contributed by atoms with Gasteiger partial charge in [0.1, 0.15) is 0 Å². The quantitative estimate of drug-likeness (QED) is 0.895. The van der Waals surface area contributed by atoms with Crippen molar-refractivity contribution in [1.29, 1.82) is 0 Å². The average Bonchev–Trinajstić information content (AvgIpc) is 2.85. The minimum absolute atomic E-state index is 0.0619. The number of carbonyl (C=O) groups excluding carboxylic acids is 1. The Kier molecular flexibility index (Phi) is 2.95. The van der Waals surface area contributed by atoms with Crippen molar-refractivity contribution in [3.05, 3.63) is 11.8 Å². The predicted octanol–water partition coefficient (Wildman–Crippen LogP) is 2.29. The molecule has 1 aliphatic carbocycles. The van der Waals surface area contributed by atoms with Crippen LogP contribution in [0.3, 0.4) is 0 Å². The summed E-state index contributed by atoms with van der Waals surface area (Å²) in [6, 6.07) is 0. The van der Waals surface area contributed by atoms with Gasteiger partial charge in [-0.05, 0) is 18.8 Å². The summed E-state index contributed by atoms with van der Waals surface area (Å²) >= 11 is 0. The number of nitrogens with one attached hydrogen (secondary N) is 1. The van der Waals surface area contributed by atoms with E-state index in [2.05, 4.69) is 29.4 Å². The standard InChI is InChI=1S/C13H21N3O2/c1-8(2)13(6-7-13)14-9(17)10-15-16-11(18-10)12(3,4)5/h8H,6-7H2,1-5H3,(H,14,17). The molecule has 0 unspecified atom stereocenters. The maximum atomic E-state index is 12.0. The normalized spacial score (nSPS) is 17.9. The molecule has 5 nitrogen and oxygen atoms in total. The van der Waals surface area contributed by atoms with Crippen LogP contribution in [0.2, 0.25) is 0 Å². The molecule has 0 saturated heterocycles. The highest BCUT2D eigenvalue weighted by Gasteiger charge is 2.47. The van der Waals surface area contributed by atoms with Gasteiger partial charge in [-0.1, -0.05) is 34.6 Å². The molecule has 1 N–H and O–H groups in total. The highest BCUT2D eigenvalue weighted by atomic mass is 16.4. The summed E-state index contributed by atoms with van der Waals surface area (Å²) in [5.41, 5.74) is -0.297. The molecule has 0 radical (unpaired) electrons. The van der Waals surface area contributed by atoms with Gasteiger partial charge in [-0.15, -0.1) is 10.2 Å². The molecule has 1 saturated carbocycles. The Hall–Kier alpha value is -1.39. The molecule has 0 aromatic carbocycles. The molecule has 18 heavy (non-hydrogen) atoms. The van der Waals surface area contributed by atoms with Crippen LogP contribution in [-0.4, -0.2) is 21.6 Å². The van der Waals surface area contributed by atoms with Crippen molar-refractivity contribution in [2.45, 2.75) is 58.4 Å². The van der Waals surface area contributed by atoms with Crippen molar-refractivity contribution in [2.24, 2.45) is 5.92 Å². The molecule has 1 heterocycles. The predicted molar refractivity (Wildman–Crippen MR) is 67.3 cm³/mol.